The fourth-order valence-corrected chi connectivity index (χ4v) is 7.95. The third kappa shape index (κ3) is 2.06. The summed E-state index contributed by atoms with van der Waals surface area (Å²) in [6.45, 7) is 6.89. The number of hydrogen-bond acceptors (Lipinski definition) is 2. The van der Waals surface area contributed by atoms with E-state index in [1.54, 1.807) is 0 Å². The molecule has 1 spiro atoms. The van der Waals surface area contributed by atoms with E-state index >= 15 is 0 Å². The minimum atomic E-state index is -0.187. The number of hydrogen-bond donors (Lipinski definition) is 0. The molecule has 0 amide bonds. The van der Waals surface area contributed by atoms with Crippen molar-refractivity contribution in [3.05, 3.63) is 0 Å². The van der Waals surface area contributed by atoms with Gasteiger partial charge in [-0.3, -0.25) is 0 Å². The highest BCUT2D eigenvalue weighted by molar-refractivity contribution is 5.08. The van der Waals surface area contributed by atoms with Crippen LogP contribution in [0.2, 0.25) is 0 Å². The largest absolute Gasteiger partial charge is 0.348 e. The highest BCUT2D eigenvalue weighted by Gasteiger charge is 2.60. The second-order valence-corrected chi connectivity index (χ2v) is 10.1. The summed E-state index contributed by atoms with van der Waals surface area (Å²) in [5, 5.41) is 0. The summed E-state index contributed by atoms with van der Waals surface area (Å²) < 4.78 is 12.1. The third-order valence-corrected chi connectivity index (χ3v) is 9.26. The van der Waals surface area contributed by atoms with Crippen LogP contribution in [0, 0.1) is 34.5 Å². The Hall–Kier alpha value is -0.0800. The van der Waals surface area contributed by atoms with E-state index in [0.717, 1.165) is 43.3 Å². The zero-order valence-corrected chi connectivity index (χ0v) is 15.1. The zero-order chi connectivity index (χ0) is 15.7. The van der Waals surface area contributed by atoms with Gasteiger partial charge in [0.2, 0.25) is 0 Å². The maximum Gasteiger partial charge on any atom is 0.168 e. The predicted octanol–water partition coefficient (Wildman–Crippen LogP) is 5.16. The maximum absolute atomic E-state index is 6.07. The molecule has 4 aliphatic carbocycles. The van der Waals surface area contributed by atoms with Gasteiger partial charge in [-0.1, -0.05) is 20.3 Å². The normalized spacial score (nSPS) is 54.5. The molecule has 0 radical (unpaired) electrons. The molecule has 2 heteroatoms. The Morgan fingerprint density at radius 1 is 0.783 bits per heavy atom. The van der Waals surface area contributed by atoms with Crippen molar-refractivity contribution in [2.24, 2.45) is 34.5 Å². The minimum absolute atomic E-state index is 0.187. The van der Waals surface area contributed by atoms with E-state index in [2.05, 4.69) is 13.8 Å². The molecule has 0 aromatic heterocycles. The average Bonchev–Trinajstić information content (AvgIpc) is 3.15. The second-order valence-electron chi connectivity index (χ2n) is 10.1. The smallest absolute Gasteiger partial charge is 0.168 e. The van der Waals surface area contributed by atoms with Crippen molar-refractivity contribution >= 4 is 0 Å². The van der Waals surface area contributed by atoms with E-state index in [-0.39, 0.29) is 5.79 Å². The first-order valence-electron chi connectivity index (χ1n) is 10.3. The van der Waals surface area contributed by atoms with Crippen LogP contribution in [0.3, 0.4) is 0 Å². The monoisotopic (exact) mass is 318 g/mol. The van der Waals surface area contributed by atoms with Crippen LogP contribution in [-0.4, -0.2) is 19.0 Å². The quantitative estimate of drug-likeness (QED) is 0.614. The molecule has 5 rings (SSSR count). The van der Waals surface area contributed by atoms with E-state index in [0.29, 0.717) is 10.8 Å². The van der Waals surface area contributed by atoms with Gasteiger partial charge in [0.1, 0.15) is 0 Å². The first-order valence-corrected chi connectivity index (χ1v) is 10.3. The van der Waals surface area contributed by atoms with E-state index in [9.17, 15) is 0 Å². The summed E-state index contributed by atoms with van der Waals surface area (Å²) in [4.78, 5) is 0. The Balaban J connectivity index is 1.41. The van der Waals surface area contributed by atoms with Crippen molar-refractivity contribution in [3.63, 3.8) is 0 Å². The second kappa shape index (κ2) is 4.97. The predicted molar refractivity (Wildman–Crippen MR) is 91.0 cm³/mol. The molecule has 0 aromatic carbocycles. The van der Waals surface area contributed by atoms with E-state index in [1.807, 2.05) is 0 Å². The standard InChI is InChI=1S/C21H34O2/c1-19-8-3-4-17(19)16-6-5-15-14-21(22-12-13-23-21)11-10-20(15,2)18(16)7-9-19/h15-18H,3-14H2,1-2H3/t15-,16+,17-,18-,19+,20+/m1/s1. The SMILES string of the molecule is C[C@@]12CCC[C@@H]1[C@@H]1CC[C@@H]3CC4(CC[C@]3(C)[C@@H]1CC2)OCCO4. The van der Waals surface area contributed by atoms with Crippen LogP contribution < -0.4 is 0 Å². The van der Waals surface area contributed by atoms with Crippen molar-refractivity contribution in [3.8, 4) is 0 Å². The number of ether oxygens (including phenoxy) is 2. The van der Waals surface area contributed by atoms with Crippen molar-refractivity contribution in [1.82, 2.24) is 0 Å². The van der Waals surface area contributed by atoms with Crippen LogP contribution in [0.5, 0.6) is 0 Å². The first kappa shape index (κ1) is 15.2. The zero-order valence-electron chi connectivity index (χ0n) is 15.1. The average molecular weight is 319 g/mol. The minimum Gasteiger partial charge on any atom is -0.348 e. The molecule has 0 bridgehead atoms. The van der Waals surface area contributed by atoms with Crippen LogP contribution in [0.4, 0.5) is 0 Å². The fourth-order valence-electron chi connectivity index (χ4n) is 7.95. The highest BCUT2D eigenvalue weighted by Crippen LogP contribution is 2.67. The van der Waals surface area contributed by atoms with Gasteiger partial charge in [0.25, 0.3) is 0 Å². The van der Waals surface area contributed by atoms with Gasteiger partial charge in [-0.15, -0.1) is 0 Å². The molecule has 0 N–H and O–H groups in total. The molecule has 5 aliphatic rings. The molecular formula is C21H34O2. The molecule has 1 aliphatic heterocycles. The molecule has 6 atom stereocenters. The van der Waals surface area contributed by atoms with Crippen molar-refractivity contribution < 1.29 is 9.47 Å². The molecule has 2 nitrogen and oxygen atoms in total. The summed E-state index contributed by atoms with van der Waals surface area (Å²) >= 11 is 0. The lowest BCUT2D eigenvalue weighted by molar-refractivity contribution is -0.229. The summed E-state index contributed by atoms with van der Waals surface area (Å²) in [6.07, 6.45) is 14.1. The maximum atomic E-state index is 6.07. The van der Waals surface area contributed by atoms with Gasteiger partial charge in [0.15, 0.2) is 5.79 Å². The molecule has 1 saturated heterocycles. The van der Waals surface area contributed by atoms with Gasteiger partial charge >= 0.3 is 0 Å². The van der Waals surface area contributed by atoms with E-state index in [4.69, 9.17) is 9.47 Å². The van der Waals surface area contributed by atoms with Crippen LogP contribution in [-0.2, 0) is 9.47 Å². The number of rotatable bonds is 0. The molecule has 23 heavy (non-hydrogen) atoms. The van der Waals surface area contributed by atoms with E-state index < -0.39 is 0 Å². The molecular weight excluding hydrogens is 284 g/mol. The van der Waals surface area contributed by atoms with Gasteiger partial charge < -0.3 is 9.47 Å². The Kier molecular flexibility index (Phi) is 3.29. The van der Waals surface area contributed by atoms with Gasteiger partial charge in [-0.25, -0.2) is 0 Å². The van der Waals surface area contributed by atoms with E-state index in [1.165, 1.54) is 57.8 Å². The highest BCUT2D eigenvalue weighted by atomic mass is 16.7. The first-order chi connectivity index (χ1) is 11.0. The summed E-state index contributed by atoms with van der Waals surface area (Å²) in [7, 11) is 0. The van der Waals surface area contributed by atoms with Gasteiger partial charge in [0.05, 0.1) is 13.2 Å². The van der Waals surface area contributed by atoms with Gasteiger partial charge in [0, 0.05) is 12.8 Å². The van der Waals surface area contributed by atoms with Crippen molar-refractivity contribution in [2.75, 3.05) is 13.2 Å². The summed E-state index contributed by atoms with van der Waals surface area (Å²) in [5.74, 6) is 3.69. The van der Waals surface area contributed by atoms with Gasteiger partial charge in [-0.05, 0) is 79.4 Å². The molecule has 1 heterocycles. The topological polar surface area (TPSA) is 18.5 Å². The Bertz CT molecular complexity index is 482. The lowest BCUT2D eigenvalue weighted by Crippen LogP contribution is -2.55. The molecule has 0 aromatic rings. The third-order valence-electron chi connectivity index (χ3n) is 9.26. The fraction of sp³-hybridized carbons (Fsp3) is 1.00. The summed E-state index contributed by atoms with van der Waals surface area (Å²) in [6, 6.07) is 0. The van der Waals surface area contributed by atoms with Gasteiger partial charge in [-0.2, -0.15) is 0 Å². The van der Waals surface area contributed by atoms with Crippen LogP contribution >= 0.6 is 0 Å². The number of fused-ring (bicyclic) bond motifs is 5. The summed E-state index contributed by atoms with van der Waals surface area (Å²) in [5.41, 5.74) is 1.26. The van der Waals surface area contributed by atoms with Crippen LogP contribution in [0.25, 0.3) is 0 Å². The van der Waals surface area contributed by atoms with Crippen molar-refractivity contribution in [2.45, 2.75) is 83.8 Å². The molecule has 130 valence electrons. The Labute approximate surface area is 141 Å². The Morgan fingerprint density at radius 3 is 2.43 bits per heavy atom. The molecule has 0 unspecified atom stereocenters. The lowest BCUT2D eigenvalue weighted by atomic mass is 9.45. The lowest BCUT2D eigenvalue weighted by Gasteiger charge is -2.61. The van der Waals surface area contributed by atoms with Crippen LogP contribution in [0.1, 0.15) is 78.1 Å². The van der Waals surface area contributed by atoms with Crippen molar-refractivity contribution in [1.29, 1.82) is 0 Å². The molecule has 4 saturated carbocycles. The van der Waals surface area contributed by atoms with Crippen LogP contribution in [0.15, 0.2) is 0 Å². The molecule has 5 fully saturated rings. The Morgan fingerprint density at radius 2 is 1.61 bits per heavy atom.